The lowest BCUT2D eigenvalue weighted by Crippen LogP contribution is -2.45. The minimum Gasteiger partial charge on any atom is -0.388 e. The molecule has 1 fully saturated rings. The average molecular weight is 330 g/mol. The molecule has 1 saturated carbocycles. The van der Waals surface area contributed by atoms with Gasteiger partial charge in [-0.1, -0.05) is 36.5 Å². The van der Waals surface area contributed by atoms with Crippen LogP contribution in [-0.4, -0.2) is 23.2 Å². The van der Waals surface area contributed by atoms with E-state index in [1.165, 1.54) is 0 Å². The van der Waals surface area contributed by atoms with E-state index in [1.807, 2.05) is 0 Å². The molecule has 1 amide bonds. The maximum absolute atomic E-state index is 12.1. The van der Waals surface area contributed by atoms with Gasteiger partial charge in [0.15, 0.2) is 0 Å². The Labute approximate surface area is 135 Å². The van der Waals surface area contributed by atoms with E-state index in [-0.39, 0.29) is 12.5 Å². The van der Waals surface area contributed by atoms with Crippen LogP contribution >= 0.6 is 23.2 Å². The predicted octanol–water partition coefficient (Wildman–Crippen LogP) is 4.05. The van der Waals surface area contributed by atoms with Gasteiger partial charge in [0.1, 0.15) is 0 Å². The fourth-order valence-corrected chi connectivity index (χ4v) is 3.31. The zero-order valence-electron chi connectivity index (χ0n) is 12.2. The molecule has 0 radical (unpaired) electrons. The minimum absolute atomic E-state index is 0.265. The molecule has 0 unspecified atom stereocenters. The van der Waals surface area contributed by atoms with Gasteiger partial charge in [0.2, 0.25) is 0 Å². The van der Waals surface area contributed by atoms with E-state index in [0.29, 0.717) is 21.5 Å². The second-order valence-corrected chi connectivity index (χ2v) is 6.73. The van der Waals surface area contributed by atoms with E-state index in [0.717, 1.165) is 32.1 Å². The summed E-state index contributed by atoms with van der Waals surface area (Å²) in [5.74, 6) is 0.425. The third-order valence-electron chi connectivity index (χ3n) is 4.37. The van der Waals surface area contributed by atoms with Crippen molar-refractivity contribution in [2.75, 3.05) is 6.54 Å². The lowest BCUT2D eigenvalue weighted by atomic mass is 9.78. The maximum atomic E-state index is 12.1. The molecule has 1 aliphatic rings. The van der Waals surface area contributed by atoms with Crippen molar-refractivity contribution in [3.05, 3.63) is 33.8 Å². The molecule has 116 valence electrons. The van der Waals surface area contributed by atoms with Gasteiger partial charge in [0.25, 0.3) is 5.91 Å². The summed E-state index contributed by atoms with van der Waals surface area (Å²) in [6, 6.07) is 4.76. The fraction of sp³-hybridized carbons (Fsp3) is 0.562. The molecule has 0 spiro atoms. The standard InChI is InChI=1S/C16H21Cl2NO2/c1-2-11-5-7-16(21,8-6-11)10-19-15(20)13-4-3-12(17)9-14(13)18/h3-4,9,11,21H,2,5-8,10H2,1H3,(H,19,20). The van der Waals surface area contributed by atoms with E-state index >= 15 is 0 Å². The Kier molecular flexibility index (Phi) is 5.53. The number of carbonyl (C=O) groups is 1. The molecule has 0 aromatic heterocycles. The quantitative estimate of drug-likeness (QED) is 0.875. The molecule has 1 aliphatic carbocycles. The van der Waals surface area contributed by atoms with Crippen LogP contribution < -0.4 is 5.32 Å². The number of amides is 1. The van der Waals surface area contributed by atoms with Crippen molar-refractivity contribution < 1.29 is 9.90 Å². The topological polar surface area (TPSA) is 49.3 Å². The predicted molar refractivity (Wildman–Crippen MR) is 86.0 cm³/mol. The van der Waals surface area contributed by atoms with Gasteiger partial charge in [-0.05, 0) is 49.8 Å². The van der Waals surface area contributed by atoms with Gasteiger partial charge >= 0.3 is 0 Å². The Morgan fingerprint density at radius 3 is 2.62 bits per heavy atom. The number of rotatable bonds is 4. The van der Waals surface area contributed by atoms with E-state index in [2.05, 4.69) is 12.2 Å². The SMILES string of the molecule is CCC1CCC(O)(CNC(=O)c2ccc(Cl)cc2Cl)CC1. The maximum Gasteiger partial charge on any atom is 0.252 e. The second kappa shape index (κ2) is 6.99. The highest BCUT2D eigenvalue weighted by Gasteiger charge is 2.33. The van der Waals surface area contributed by atoms with Crippen LogP contribution in [0.4, 0.5) is 0 Å². The molecule has 2 N–H and O–H groups in total. The van der Waals surface area contributed by atoms with Gasteiger partial charge in [0, 0.05) is 11.6 Å². The molecule has 21 heavy (non-hydrogen) atoms. The van der Waals surface area contributed by atoms with Gasteiger partial charge in [-0.2, -0.15) is 0 Å². The summed E-state index contributed by atoms with van der Waals surface area (Å²) in [6.45, 7) is 2.45. The molecule has 3 nitrogen and oxygen atoms in total. The smallest absolute Gasteiger partial charge is 0.252 e. The molecular formula is C16H21Cl2NO2. The Hall–Kier alpha value is -0.770. The summed E-state index contributed by atoms with van der Waals surface area (Å²) in [5, 5.41) is 14.1. The van der Waals surface area contributed by atoms with Gasteiger partial charge in [0.05, 0.1) is 16.2 Å². The molecule has 0 bridgehead atoms. The zero-order chi connectivity index (χ0) is 15.5. The molecule has 0 atom stereocenters. The normalized spacial score (nSPS) is 25.6. The minimum atomic E-state index is -0.791. The first-order chi connectivity index (χ1) is 9.93. The van der Waals surface area contributed by atoms with Crippen LogP contribution in [0.2, 0.25) is 10.0 Å². The molecule has 2 rings (SSSR count). The Morgan fingerprint density at radius 2 is 2.05 bits per heavy atom. The highest BCUT2D eigenvalue weighted by molar-refractivity contribution is 6.36. The number of halogens is 2. The van der Waals surface area contributed by atoms with Crippen LogP contribution in [0.1, 0.15) is 49.4 Å². The lowest BCUT2D eigenvalue weighted by Gasteiger charge is -2.35. The fourth-order valence-electron chi connectivity index (χ4n) is 2.81. The van der Waals surface area contributed by atoms with Crippen molar-refractivity contribution in [2.24, 2.45) is 5.92 Å². The molecule has 0 heterocycles. The van der Waals surface area contributed by atoms with Gasteiger partial charge in [-0.15, -0.1) is 0 Å². The summed E-state index contributed by atoms with van der Waals surface area (Å²) in [5.41, 5.74) is -0.410. The van der Waals surface area contributed by atoms with Crippen molar-refractivity contribution in [2.45, 2.75) is 44.6 Å². The molecule has 1 aromatic carbocycles. The monoisotopic (exact) mass is 329 g/mol. The largest absolute Gasteiger partial charge is 0.388 e. The zero-order valence-corrected chi connectivity index (χ0v) is 13.7. The van der Waals surface area contributed by atoms with Gasteiger partial charge in [-0.25, -0.2) is 0 Å². The van der Waals surface area contributed by atoms with Crippen LogP contribution in [-0.2, 0) is 0 Å². The number of benzene rings is 1. The summed E-state index contributed by atoms with van der Waals surface area (Å²) < 4.78 is 0. The van der Waals surface area contributed by atoms with E-state index in [9.17, 15) is 9.90 Å². The number of hydrogen-bond acceptors (Lipinski definition) is 2. The van der Waals surface area contributed by atoms with E-state index in [4.69, 9.17) is 23.2 Å². The first-order valence-corrected chi connectivity index (χ1v) is 8.15. The molecule has 1 aromatic rings. The summed E-state index contributed by atoms with van der Waals surface area (Å²) in [7, 11) is 0. The lowest BCUT2D eigenvalue weighted by molar-refractivity contribution is -0.00786. The van der Waals surface area contributed by atoms with Crippen molar-refractivity contribution >= 4 is 29.1 Å². The van der Waals surface area contributed by atoms with Crippen molar-refractivity contribution in [1.29, 1.82) is 0 Å². The third kappa shape index (κ3) is 4.35. The van der Waals surface area contributed by atoms with Crippen molar-refractivity contribution in [1.82, 2.24) is 5.32 Å². The highest BCUT2D eigenvalue weighted by atomic mass is 35.5. The first-order valence-electron chi connectivity index (χ1n) is 7.39. The average Bonchev–Trinajstić information content (AvgIpc) is 2.46. The molecule has 0 aliphatic heterocycles. The van der Waals surface area contributed by atoms with Crippen LogP contribution in [0.15, 0.2) is 18.2 Å². The van der Waals surface area contributed by atoms with Gasteiger partial charge < -0.3 is 10.4 Å². The molecule has 5 heteroatoms. The third-order valence-corrected chi connectivity index (χ3v) is 4.91. The van der Waals surface area contributed by atoms with Crippen molar-refractivity contribution in [3.63, 3.8) is 0 Å². The van der Waals surface area contributed by atoms with E-state index in [1.54, 1.807) is 18.2 Å². The summed E-state index contributed by atoms with van der Waals surface area (Å²) >= 11 is 11.8. The van der Waals surface area contributed by atoms with Crippen LogP contribution in [0.5, 0.6) is 0 Å². The summed E-state index contributed by atoms with van der Waals surface area (Å²) in [6.07, 6.45) is 4.66. The Balaban J connectivity index is 1.92. The van der Waals surface area contributed by atoms with E-state index < -0.39 is 5.60 Å². The van der Waals surface area contributed by atoms with Crippen LogP contribution in [0.3, 0.4) is 0 Å². The van der Waals surface area contributed by atoms with Crippen LogP contribution in [0.25, 0.3) is 0 Å². The molecule has 0 saturated heterocycles. The summed E-state index contributed by atoms with van der Waals surface area (Å²) in [4.78, 5) is 12.1. The number of nitrogens with one attached hydrogen (secondary N) is 1. The van der Waals surface area contributed by atoms with Crippen LogP contribution in [0, 0.1) is 5.92 Å². The number of hydrogen-bond donors (Lipinski definition) is 2. The number of carbonyl (C=O) groups excluding carboxylic acids is 1. The Morgan fingerprint density at radius 1 is 1.38 bits per heavy atom. The second-order valence-electron chi connectivity index (χ2n) is 5.88. The Bertz CT molecular complexity index is 511. The molecular weight excluding hydrogens is 309 g/mol. The first kappa shape index (κ1) is 16.6. The van der Waals surface area contributed by atoms with Gasteiger partial charge in [-0.3, -0.25) is 4.79 Å². The highest BCUT2D eigenvalue weighted by Crippen LogP contribution is 2.33. The number of aliphatic hydroxyl groups is 1. The van der Waals surface area contributed by atoms with Crippen molar-refractivity contribution in [3.8, 4) is 0 Å².